The number of methoxy groups -OCH3 is 1. The van der Waals surface area contributed by atoms with Gasteiger partial charge in [-0.2, -0.15) is 0 Å². The Labute approximate surface area is 220 Å². The standard InChI is InChI=1S/C28H30N2O6S/c1-18(2)30(28(32)19-7-8-24-25(13-19)36-17-35-24)15-27(31)29-11-9-26-22(10-12-37-26)23(29)16-34-21-6-4-5-20(14-21)33-3/h4-8,10,12-14,18,23H,9,11,15-17H2,1-3H3. The first-order valence-electron chi connectivity index (χ1n) is 12.3. The van der Waals surface area contributed by atoms with Crippen molar-refractivity contribution in [2.75, 3.05) is 33.6 Å². The molecular formula is C28H30N2O6S. The second-order valence-corrected chi connectivity index (χ2v) is 10.2. The highest BCUT2D eigenvalue weighted by molar-refractivity contribution is 7.10. The van der Waals surface area contributed by atoms with Gasteiger partial charge in [-0.3, -0.25) is 9.59 Å². The summed E-state index contributed by atoms with van der Waals surface area (Å²) < 4.78 is 22.2. The molecule has 0 aliphatic carbocycles. The average Bonchev–Trinajstić information content (AvgIpc) is 3.59. The third-order valence-electron chi connectivity index (χ3n) is 6.67. The van der Waals surface area contributed by atoms with Gasteiger partial charge in [-0.05, 0) is 67.6 Å². The normalized spacial score (nSPS) is 15.9. The number of thiophene rings is 1. The zero-order valence-corrected chi connectivity index (χ0v) is 22.0. The quantitative estimate of drug-likeness (QED) is 0.432. The van der Waals surface area contributed by atoms with Gasteiger partial charge < -0.3 is 28.7 Å². The zero-order valence-electron chi connectivity index (χ0n) is 21.1. The van der Waals surface area contributed by atoms with Crippen molar-refractivity contribution in [1.29, 1.82) is 0 Å². The van der Waals surface area contributed by atoms with Crippen LogP contribution in [0.2, 0.25) is 0 Å². The van der Waals surface area contributed by atoms with Crippen LogP contribution in [0.5, 0.6) is 23.0 Å². The molecule has 1 aromatic heterocycles. The number of nitrogens with zero attached hydrogens (tertiary/aromatic N) is 2. The Morgan fingerprint density at radius 2 is 1.92 bits per heavy atom. The number of amides is 2. The summed E-state index contributed by atoms with van der Waals surface area (Å²) in [5.74, 6) is 2.20. The minimum atomic E-state index is -0.247. The molecule has 3 aromatic rings. The molecule has 9 heteroatoms. The second-order valence-electron chi connectivity index (χ2n) is 9.24. The van der Waals surface area contributed by atoms with Crippen LogP contribution in [0, 0.1) is 0 Å². The van der Waals surface area contributed by atoms with E-state index in [1.54, 1.807) is 41.5 Å². The number of fused-ring (bicyclic) bond motifs is 2. The summed E-state index contributed by atoms with van der Waals surface area (Å²) in [5, 5.41) is 2.06. The molecule has 8 nitrogen and oxygen atoms in total. The van der Waals surface area contributed by atoms with E-state index in [1.165, 1.54) is 4.88 Å². The van der Waals surface area contributed by atoms with Gasteiger partial charge >= 0.3 is 0 Å². The van der Waals surface area contributed by atoms with Crippen molar-refractivity contribution in [3.8, 4) is 23.0 Å². The van der Waals surface area contributed by atoms with Gasteiger partial charge in [-0.15, -0.1) is 11.3 Å². The van der Waals surface area contributed by atoms with Crippen molar-refractivity contribution < 1.29 is 28.5 Å². The lowest BCUT2D eigenvalue weighted by molar-refractivity contribution is -0.136. The molecule has 2 amide bonds. The van der Waals surface area contributed by atoms with Crippen molar-refractivity contribution in [1.82, 2.24) is 9.80 Å². The van der Waals surface area contributed by atoms with Gasteiger partial charge in [-0.1, -0.05) is 6.07 Å². The van der Waals surface area contributed by atoms with Gasteiger partial charge in [0.2, 0.25) is 12.7 Å². The Hall–Kier alpha value is -3.72. The van der Waals surface area contributed by atoms with Crippen molar-refractivity contribution >= 4 is 23.2 Å². The summed E-state index contributed by atoms with van der Waals surface area (Å²) in [4.78, 5) is 31.9. The van der Waals surface area contributed by atoms with Gasteiger partial charge in [0, 0.05) is 29.1 Å². The third-order valence-corrected chi connectivity index (χ3v) is 7.67. The van der Waals surface area contributed by atoms with Crippen LogP contribution in [0.15, 0.2) is 53.9 Å². The fraction of sp³-hybridized carbons (Fsp3) is 0.357. The minimum absolute atomic E-state index is 0.0277. The van der Waals surface area contributed by atoms with Crippen LogP contribution in [0.4, 0.5) is 0 Å². The summed E-state index contributed by atoms with van der Waals surface area (Å²) in [6.45, 7) is 4.81. The molecule has 2 aromatic carbocycles. The molecule has 1 unspecified atom stereocenters. The maximum absolute atomic E-state index is 13.7. The van der Waals surface area contributed by atoms with Crippen molar-refractivity contribution in [2.24, 2.45) is 0 Å². The van der Waals surface area contributed by atoms with Gasteiger partial charge in [0.1, 0.15) is 24.7 Å². The van der Waals surface area contributed by atoms with E-state index >= 15 is 0 Å². The number of benzene rings is 2. The lowest BCUT2D eigenvalue weighted by atomic mass is 10.00. The molecular weight excluding hydrogens is 492 g/mol. The maximum Gasteiger partial charge on any atom is 0.254 e. The Morgan fingerprint density at radius 3 is 2.73 bits per heavy atom. The average molecular weight is 523 g/mol. The topological polar surface area (TPSA) is 77.5 Å². The highest BCUT2D eigenvalue weighted by Crippen LogP contribution is 2.35. The van der Waals surface area contributed by atoms with Crippen LogP contribution in [0.25, 0.3) is 0 Å². The first-order valence-corrected chi connectivity index (χ1v) is 13.2. The number of ether oxygens (including phenoxy) is 4. The van der Waals surface area contributed by atoms with Gasteiger partial charge in [0.05, 0.1) is 13.2 Å². The second kappa shape index (κ2) is 10.7. The van der Waals surface area contributed by atoms with Crippen LogP contribution in [0.1, 0.15) is 40.7 Å². The number of rotatable bonds is 8. The van der Waals surface area contributed by atoms with Crippen LogP contribution >= 0.6 is 11.3 Å². The molecule has 0 saturated heterocycles. The summed E-state index contributed by atoms with van der Waals surface area (Å²) in [7, 11) is 1.61. The molecule has 3 heterocycles. The molecule has 2 aliphatic rings. The summed E-state index contributed by atoms with van der Waals surface area (Å²) in [6.07, 6.45) is 0.784. The highest BCUT2D eigenvalue weighted by atomic mass is 32.1. The first-order chi connectivity index (χ1) is 17.9. The molecule has 0 fully saturated rings. The SMILES string of the molecule is COc1cccc(OCC2c3ccsc3CCN2C(=O)CN(C(=O)c2ccc3c(c2)OCO3)C(C)C)c1. The molecule has 1 atom stereocenters. The van der Waals surface area contributed by atoms with Gasteiger partial charge in [0.15, 0.2) is 11.5 Å². The lowest BCUT2D eigenvalue weighted by Gasteiger charge is -2.37. The number of carbonyl (C=O) groups excluding carboxylic acids is 2. The summed E-state index contributed by atoms with van der Waals surface area (Å²) >= 11 is 1.70. The predicted octanol–water partition coefficient (Wildman–Crippen LogP) is 4.54. The van der Waals surface area contributed by atoms with Crippen molar-refractivity contribution in [3.63, 3.8) is 0 Å². The van der Waals surface area contributed by atoms with Crippen LogP contribution in [-0.4, -0.2) is 61.3 Å². The summed E-state index contributed by atoms with van der Waals surface area (Å²) in [5.41, 5.74) is 1.56. The van der Waals surface area contributed by atoms with Crippen molar-refractivity contribution in [2.45, 2.75) is 32.4 Å². The van der Waals surface area contributed by atoms with E-state index in [9.17, 15) is 9.59 Å². The molecule has 2 aliphatic heterocycles. The highest BCUT2D eigenvalue weighted by Gasteiger charge is 2.34. The minimum Gasteiger partial charge on any atom is -0.497 e. The Morgan fingerprint density at radius 1 is 1.11 bits per heavy atom. The zero-order chi connectivity index (χ0) is 25.9. The van der Waals surface area contributed by atoms with E-state index in [2.05, 4.69) is 11.4 Å². The molecule has 0 saturated carbocycles. The van der Waals surface area contributed by atoms with E-state index < -0.39 is 0 Å². The smallest absolute Gasteiger partial charge is 0.254 e. The third kappa shape index (κ3) is 5.22. The van der Waals surface area contributed by atoms with Gasteiger partial charge in [-0.25, -0.2) is 0 Å². The molecule has 0 bridgehead atoms. The molecule has 0 N–H and O–H groups in total. The van der Waals surface area contributed by atoms with Crippen LogP contribution in [-0.2, 0) is 11.2 Å². The molecule has 194 valence electrons. The number of carbonyl (C=O) groups is 2. The fourth-order valence-corrected chi connectivity index (χ4v) is 5.59. The van der Waals surface area contributed by atoms with E-state index in [-0.39, 0.29) is 37.2 Å². The maximum atomic E-state index is 13.7. The van der Waals surface area contributed by atoms with E-state index in [1.807, 2.05) is 43.0 Å². The molecule has 0 radical (unpaired) electrons. The lowest BCUT2D eigenvalue weighted by Crippen LogP contribution is -2.49. The van der Waals surface area contributed by atoms with Crippen LogP contribution in [0.3, 0.4) is 0 Å². The molecule has 37 heavy (non-hydrogen) atoms. The van der Waals surface area contributed by atoms with E-state index in [4.69, 9.17) is 18.9 Å². The van der Waals surface area contributed by atoms with E-state index in [0.29, 0.717) is 41.7 Å². The Balaban J connectivity index is 1.34. The first kappa shape index (κ1) is 25.0. The monoisotopic (exact) mass is 522 g/mol. The van der Waals surface area contributed by atoms with E-state index in [0.717, 1.165) is 12.0 Å². The number of hydrogen-bond donors (Lipinski definition) is 0. The Kier molecular flexibility index (Phi) is 7.23. The number of hydrogen-bond acceptors (Lipinski definition) is 7. The van der Waals surface area contributed by atoms with Gasteiger partial charge in [0.25, 0.3) is 5.91 Å². The molecule has 0 spiro atoms. The summed E-state index contributed by atoms with van der Waals surface area (Å²) in [6, 6.07) is 14.2. The van der Waals surface area contributed by atoms with Crippen molar-refractivity contribution in [3.05, 3.63) is 69.9 Å². The van der Waals surface area contributed by atoms with Crippen LogP contribution < -0.4 is 18.9 Å². The largest absolute Gasteiger partial charge is 0.497 e. The fourth-order valence-electron chi connectivity index (χ4n) is 4.66. The Bertz CT molecular complexity index is 1290. The molecule has 5 rings (SSSR count). The predicted molar refractivity (Wildman–Crippen MR) is 140 cm³/mol.